The lowest BCUT2D eigenvalue weighted by Gasteiger charge is -2.36. The molecule has 4 fully saturated rings. The first-order valence-corrected chi connectivity index (χ1v) is 21.3. The molecular weight excluding hydrogens is 805 g/mol. The summed E-state index contributed by atoms with van der Waals surface area (Å²) in [6, 6.07) is 1.55. The van der Waals surface area contributed by atoms with Crippen molar-refractivity contribution in [2.75, 3.05) is 13.7 Å². The molecule has 7 rings (SSSR count). The number of hydrogen-bond donors (Lipinski definition) is 3. The number of ether oxygens (including phenoxy) is 3. The minimum atomic E-state index is -4.31. The summed E-state index contributed by atoms with van der Waals surface area (Å²) < 4.78 is 105. The van der Waals surface area contributed by atoms with Crippen LogP contribution < -0.4 is 24.8 Å². The van der Waals surface area contributed by atoms with Gasteiger partial charge in [-0.2, -0.15) is 8.78 Å². The molecule has 15 nitrogen and oxygen atoms in total. The van der Waals surface area contributed by atoms with E-state index in [2.05, 4.69) is 20.6 Å². The van der Waals surface area contributed by atoms with Crippen molar-refractivity contribution in [3.05, 3.63) is 23.9 Å². The summed E-state index contributed by atoms with van der Waals surface area (Å²) in [7, 11) is -2.89. The van der Waals surface area contributed by atoms with E-state index in [0.29, 0.717) is 25.0 Å². The molecule has 324 valence electrons. The first kappa shape index (κ1) is 42.6. The molecule has 8 atom stereocenters. The molecule has 4 amide bonds. The topological polar surface area (TPSA) is 195 Å². The number of carbonyl (C=O) groups excluding carboxylic acids is 4. The molecule has 3 saturated carbocycles. The van der Waals surface area contributed by atoms with Gasteiger partial charge in [0, 0.05) is 18.4 Å². The van der Waals surface area contributed by atoms with Crippen LogP contribution in [0.3, 0.4) is 0 Å². The van der Waals surface area contributed by atoms with E-state index in [-0.39, 0.29) is 36.2 Å². The highest BCUT2D eigenvalue weighted by Crippen LogP contribution is 2.50. The number of benzene rings is 1. The summed E-state index contributed by atoms with van der Waals surface area (Å²) in [4.78, 5) is 65.8. The smallest absolute Gasteiger partial charge is 0.408 e. The van der Waals surface area contributed by atoms with Crippen LogP contribution in [0.1, 0.15) is 91.7 Å². The first-order valence-electron chi connectivity index (χ1n) is 19.9. The second-order valence-corrected chi connectivity index (χ2v) is 20.2. The Morgan fingerprint density at radius 1 is 1.05 bits per heavy atom. The van der Waals surface area contributed by atoms with Gasteiger partial charge in [-0.05, 0) is 68.9 Å². The molecule has 3 heterocycles. The third-order valence-corrected chi connectivity index (χ3v) is 14.7. The van der Waals surface area contributed by atoms with Gasteiger partial charge in [-0.1, -0.05) is 34.1 Å². The van der Waals surface area contributed by atoms with Crippen LogP contribution in [0.5, 0.6) is 11.6 Å². The van der Waals surface area contributed by atoms with Gasteiger partial charge in [-0.25, -0.2) is 32.0 Å². The number of carbonyl (C=O) groups is 4. The molecule has 2 aliphatic heterocycles. The summed E-state index contributed by atoms with van der Waals surface area (Å²) in [6.45, 7) is 7.42. The Kier molecular flexibility index (Phi) is 10.8. The number of aromatic nitrogens is 2. The zero-order chi connectivity index (χ0) is 43.0. The molecule has 1 saturated heterocycles. The fourth-order valence-electron chi connectivity index (χ4n) is 8.09. The van der Waals surface area contributed by atoms with Gasteiger partial charge in [0.2, 0.25) is 34.1 Å². The lowest BCUT2D eigenvalue weighted by atomic mass is 9.85. The molecule has 1 unspecified atom stereocenters. The zero-order valence-electron chi connectivity index (χ0n) is 33.7. The number of hydrogen-bond acceptors (Lipinski definition) is 11. The van der Waals surface area contributed by atoms with Crippen molar-refractivity contribution >= 4 is 44.9 Å². The van der Waals surface area contributed by atoms with E-state index in [1.807, 2.05) is 4.72 Å². The molecule has 0 radical (unpaired) electrons. The van der Waals surface area contributed by atoms with Crippen LogP contribution >= 0.6 is 0 Å². The van der Waals surface area contributed by atoms with Crippen LogP contribution in [-0.4, -0.2) is 102 Å². The molecule has 3 aliphatic carbocycles. The van der Waals surface area contributed by atoms with Gasteiger partial charge in [0.15, 0.2) is 5.69 Å². The molecule has 1 aromatic heterocycles. The number of sulfonamides is 1. The van der Waals surface area contributed by atoms with E-state index in [0.717, 1.165) is 4.90 Å². The highest BCUT2D eigenvalue weighted by atomic mass is 32.2. The van der Waals surface area contributed by atoms with Crippen molar-refractivity contribution in [3.8, 4) is 11.6 Å². The van der Waals surface area contributed by atoms with E-state index < -0.39 is 129 Å². The van der Waals surface area contributed by atoms with E-state index in [1.165, 1.54) is 33.1 Å². The van der Waals surface area contributed by atoms with Crippen LogP contribution in [0.25, 0.3) is 11.0 Å². The van der Waals surface area contributed by atoms with Gasteiger partial charge < -0.3 is 29.7 Å². The predicted molar refractivity (Wildman–Crippen MR) is 202 cm³/mol. The average Bonchev–Trinajstić information content (AvgIpc) is 4.10. The SMILES string of the molecule is COc1ccc2nc3c(nc2c1)O[C@H]1CN(C(=O)[C@H](C(C)(C)C)NC(=O)O[C@@H]2C[C@H]2CCCCC3(F)F)C(C(=O)N[C@]2(C(=O)NS(=O)(=O)C3(C)CC3)C[C@H]2C(F)F)[C@@H]1C. The Hall–Kier alpha value is -4.49. The molecule has 0 spiro atoms. The number of methoxy groups -OCH3 is 1. The highest BCUT2D eigenvalue weighted by molar-refractivity contribution is 7.91. The Labute approximate surface area is 339 Å². The van der Waals surface area contributed by atoms with Crippen molar-refractivity contribution in [3.63, 3.8) is 0 Å². The summed E-state index contributed by atoms with van der Waals surface area (Å²) in [5.41, 5.74) is -3.84. The number of alkyl halides is 4. The van der Waals surface area contributed by atoms with Gasteiger partial charge in [0.25, 0.3) is 11.8 Å². The van der Waals surface area contributed by atoms with E-state index in [4.69, 9.17) is 14.2 Å². The highest BCUT2D eigenvalue weighted by Gasteiger charge is 2.67. The third kappa shape index (κ3) is 8.21. The van der Waals surface area contributed by atoms with Gasteiger partial charge in [-0.3, -0.25) is 19.1 Å². The molecular formula is C39H50F4N6O9S. The van der Waals surface area contributed by atoms with Gasteiger partial charge in [-0.15, -0.1) is 0 Å². The number of fused-ring (bicyclic) bond motifs is 5. The standard InChI is InChI=1S/C39H50F4N6O9S/c1-19-26-18-49(27(19)31(50)47-38(17-22(38)30(40)41)34(52)48-59(54,55)37(5)13-14-37)33(51)29(36(2,3)4)46-35(53)58-25-15-20(25)9-7-8-12-39(42,43)28-32(57-26)45-24-16-21(56-6)10-11-23(24)44-28/h10-11,16,19-20,22,25-27,29-30H,7-9,12-15,17-18H2,1-6H3,(H,46,53)(H,47,50)(H,48,52)/t19-,20-,22+,25-,26+,27?,29-,38-/m1/s1. The second kappa shape index (κ2) is 14.9. The van der Waals surface area contributed by atoms with E-state index >= 15 is 8.78 Å². The third-order valence-electron chi connectivity index (χ3n) is 12.5. The largest absolute Gasteiger partial charge is 0.497 e. The minimum Gasteiger partial charge on any atom is -0.497 e. The van der Waals surface area contributed by atoms with Crippen LogP contribution in [0, 0.1) is 23.2 Å². The summed E-state index contributed by atoms with van der Waals surface area (Å²) >= 11 is 0. The average molecular weight is 855 g/mol. The fourth-order valence-corrected chi connectivity index (χ4v) is 9.41. The van der Waals surface area contributed by atoms with Crippen LogP contribution in [-0.2, 0) is 35.1 Å². The number of alkyl carbamates (subject to hydrolysis) is 1. The summed E-state index contributed by atoms with van der Waals surface area (Å²) in [6.07, 6.45) is -4.99. The molecule has 59 heavy (non-hydrogen) atoms. The van der Waals surface area contributed by atoms with Gasteiger partial charge >= 0.3 is 6.09 Å². The van der Waals surface area contributed by atoms with Gasteiger partial charge in [0.05, 0.1) is 35.4 Å². The van der Waals surface area contributed by atoms with Crippen LogP contribution in [0.15, 0.2) is 18.2 Å². The minimum absolute atomic E-state index is 0.0641. The Balaban J connectivity index is 1.28. The quantitative estimate of drug-likeness (QED) is 0.331. The maximum Gasteiger partial charge on any atom is 0.408 e. The van der Waals surface area contributed by atoms with Crippen molar-refractivity contribution in [2.45, 2.75) is 133 Å². The second-order valence-electron chi connectivity index (χ2n) is 18.0. The maximum atomic E-state index is 16.3. The van der Waals surface area contributed by atoms with Crippen molar-refractivity contribution in [1.29, 1.82) is 0 Å². The van der Waals surface area contributed by atoms with E-state index in [1.54, 1.807) is 26.8 Å². The molecule has 5 aliphatic rings. The van der Waals surface area contributed by atoms with Crippen LogP contribution in [0.2, 0.25) is 0 Å². The zero-order valence-corrected chi connectivity index (χ0v) is 34.5. The Morgan fingerprint density at radius 2 is 1.76 bits per heavy atom. The monoisotopic (exact) mass is 854 g/mol. The maximum absolute atomic E-state index is 16.3. The Bertz CT molecular complexity index is 2150. The molecule has 1 aromatic carbocycles. The predicted octanol–water partition coefficient (Wildman–Crippen LogP) is 4.57. The molecule has 2 bridgehead atoms. The summed E-state index contributed by atoms with van der Waals surface area (Å²) in [5, 5.41) is 5.01. The molecule has 2 aromatic rings. The fraction of sp³-hybridized carbons (Fsp3) is 0.692. The molecule has 20 heteroatoms. The number of halogens is 4. The lowest BCUT2D eigenvalue weighted by Crippen LogP contribution is -2.61. The van der Waals surface area contributed by atoms with Crippen LogP contribution in [0.4, 0.5) is 22.4 Å². The van der Waals surface area contributed by atoms with E-state index in [9.17, 15) is 36.4 Å². The van der Waals surface area contributed by atoms with Gasteiger partial charge in [0.1, 0.15) is 35.6 Å². The molecule has 3 N–H and O–H groups in total. The Morgan fingerprint density at radius 3 is 2.39 bits per heavy atom. The first-order chi connectivity index (χ1) is 27.5. The van der Waals surface area contributed by atoms with Crippen molar-refractivity contribution in [1.82, 2.24) is 30.2 Å². The lowest BCUT2D eigenvalue weighted by molar-refractivity contribution is -0.143. The number of amides is 4. The summed E-state index contributed by atoms with van der Waals surface area (Å²) in [5.74, 6) is -9.94. The number of nitrogens with zero attached hydrogens (tertiary/aromatic N) is 3. The van der Waals surface area contributed by atoms with Crippen molar-refractivity contribution in [2.24, 2.45) is 23.2 Å². The number of nitrogens with one attached hydrogen (secondary N) is 3. The normalized spacial score (nSPS) is 31.6. The van der Waals surface area contributed by atoms with Crippen molar-refractivity contribution < 1.29 is 59.4 Å². The number of rotatable bonds is 7.